The number of aromatic nitrogens is 2. The highest BCUT2D eigenvalue weighted by Gasteiger charge is 2.31. The van der Waals surface area contributed by atoms with E-state index in [0.717, 1.165) is 39.4 Å². The molecule has 0 unspecified atom stereocenters. The number of aryl methyl sites for hydroxylation is 2. The molecular weight excluding hydrogens is 531 g/mol. The molecular formula is C31H22Cl2N4O2. The number of carbonyl (C=O) groups is 1. The fourth-order valence-electron chi connectivity index (χ4n) is 5.11. The van der Waals surface area contributed by atoms with Gasteiger partial charge in [-0.3, -0.25) is 4.79 Å². The van der Waals surface area contributed by atoms with Crippen LogP contribution < -0.4 is 5.32 Å². The van der Waals surface area contributed by atoms with Crippen LogP contribution in [-0.2, 0) is 12.8 Å². The fraction of sp³-hybridized carbons (Fsp3) is 0.129. The second kappa shape index (κ2) is 10.1. The van der Waals surface area contributed by atoms with E-state index < -0.39 is 5.92 Å². The average molecular weight is 553 g/mol. The molecule has 1 amide bonds. The predicted molar refractivity (Wildman–Crippen MR) is 152 cm³/mol. The lowest BCUT2D eigenvalue weighted by atomic mass is 9.91. The maximum absolute atomic E-state index is 13.7. The number of rotatable bonds is 5. The number of carbonyl (C=O) groups excluding carboxylic acids is 1. The highest BCUT2D eigenvalue weighted by Crippen LogP contribution is 2.38. The number of furan rings is 1. The third-order valence-electron chi connectivity index (χ3n) is 7.04. The molecule has 8 heteroatoms. The summed E-state index contributed by atoms with van der Waals surface area (Å²) in [7, 11) is 0. The number of amides is 1. The van der Waals surface area contributed by atoms with Crippen LogP contribution in [0.5, 0.6) is 0 Å². The maximum atomic E-state index is 13.7. The first-order valence-electron chi connectivity index (χ1n) is 12.4. The second-order valence-corrected chi connectivity index (χ2v) is 10.3. The minimum atomic E-state index is -0.573. The molecule has 0 bridgehead atoms. The molecule has 0 saturated carbocycles. The van der Waals surface area contributed by atoms with Gasteiger partial charge < -0.3 is 9.73 Å². The summed E-state index contributed by atoms with van der Waals surface area (Å²) in [6.45, 7) is 1.88. The molecule has 0 saturated heterocycles. The highest BCUT2D eigenvalue weighted by atomic mass is 35.5. The van der Waals surface area contributed by atoms with Crippen molar-refractivity contribution >= 4 is 34.8 Å². The van der Waals surface area contributed by atoms with Gasteiger partial charge in [-0.2, -0.15) is 10.4 Å². The molecule has 2 aromatic heterocycles. The Morgan fingerprint density at radius 1 is 1.08 bits per heavy atom. The largest absolute Gasteiger partial charge is 0.469 e. The van der Waals surface area contributed by atoms with Crippen molar-refractivity contribution in [3.05, 3.63) is 123 Å². The number of hydrogen-bond donors (Lipinski definition) is 1. The fourth-order valence-corrected chi connectivity index (χ4v) is 5.50. The lowest BCUT2D eigenvalue weighted by Gasteiger charge is -2.16. The Hall–Kier alpha value is -4.31. The number of nitrogens with one attached hydrogen (secondary N) is 1. The lowest BCUT2D eigenvalue weighted by molar-refractivity contribution is 0.102. The van der Waals surface area contributed by atoms with Gasteiger partial charge in [-0.1, -0.05) is 59.6 Å². The SMILES string of the molecule is Cc1cc([C@@H](C#N)c2ccc(Cl)cc2)c(Cl)cc1NC(=O)c1nn(-c2ccccc2)c2c1CCc1occc1-2. The van der Waals surface area contributed by atoms with Gasteiger partial charge in [0.2, 0.25) is 0 Å². The van der Waals surface area contributed by atoms with E-state index in [1.54, 1.807) is 24.5 Å². The summed E-state index contributed by atoms with van der Waals surface area (Å²) in [4.78, 5) is 13.7. The Morgan fingerprint density at radius 3 is 2.59 bits per heavy atom. The first-order valence-corrected chi connectivity index (χ1v) is 13.2. The molecule has 39 heavy (non-hydrogen) atoms. The van der Waals surface area contributed by atoms with Crippen molar-refractivity contribution in [2.75, 3.05) is 5.32 Å². The number of anilines is 1. The Morgan fingerprint density at radius 2 is 1.85 bits per heavy atom. The van der Waals surface area contributed by atoms with E-state index >= 15 is 0 Å². The van der Waals surface area contributed by atoms with Crippen LogP contribution in [0.2, 0.25) is 10.0 Å². The van der Waals surface area contributed by atoms with Gasteiger partial charge in [0.1, 0.15) is 5.76 Å². The zero-order chi connectivity index (χ0) is 27.1. The van der Waals surface area contributed by atoms with Crippen LogP contribution in [-0.4, -0.2) is 15.7 Å². The van der Waals surface area contributed by atoms with Crippen LogP contribution in [0.3, 0.4) is 0 Å². The molecule has 3 aromatic carbocycles. The summed E-state index contributed by atoms with van der Waals surface area (Å²) < 4.78 is 7.50. The molecule has 0 fully saturated rings. The quantitative estimate of drug-likeness (QED) is 0.241. The van der Waals surface area contributed by atoms with E-state index in [1.165, 1.54) is 0 Å². The van der Waals surface area contributed by atoms with Gasteiger partial charge in [0.25, 0.3) is 5.91 Å². The van der Waals surface area contributed by atoms with Crippen molar-refractivity contribution in [1.82, 2.24) is 9.78 Å². The van der Waals surface area contributed by atoms with E-state index in [0.29, 0.717) is 39.8 Å². The van der Waals surface area contributed by atoms with Gasteiger partial charge in [-0.15, -0.1) is 0 Å². The van der Waals surface area contributed by atoms with Gasteiger partial charge in [-0.05, 0) is 66.4 Å². The molecule has 0 spiro atoms. The van der Waals surface area contributed by atoms with Gasteiger partial charge in [0.15, 0.2) is 5.69 Å². The van der Waals surface area contributed by atoms with Crippen LogP contribution in [0.1, 0.15) is 44.4 Å². The topological polar surface area (TPSA) is 83.9 Å². The van der Waals surface area contributed by atoms with Crippen molar-refractivity contribution < 1.29 is 9.21 Å². The average Bonchev–Trinajstić information content (AvgIpc) is 3.58. The van der Waals surface area contributed by atoms with Crippen molar-refractivity contribution in [2.45, 2.75) is 25.7 Å². The zero-order valence-corrected chi connectivity index (χ0v) is 22.4. The third kappa shape index (κ3) is 4.50. The Balaban J connectivity index is 1.36. The predicted octanol–water partition coefficient (Wildman–Crippen LogP) is 7.75. The van der Waals surface area contributed by atoms with Crippen LogP contribution in [0.25, 0.3) is 16.9 Å². The molecule has 1 aliphatic rings. The number of nitrogens with zero attached hydrogens (tertiary/aromatic N) is 3. The Kier molecular flexibility index (Phi) is 6.48. The van der Waals surface area contributed by atoms with E-state index in [1.807, 2.05) is 66.2 Å². The Labute approximate surface area is 235 Å². The molecule has 5 aromatic rings. The first kappa shape index (κ1) is 25.0. The molecule has 6 nitrogen and oxygen atoms in total. The summed E-state index contributed by atoms with van der Waals surface area (Å²) in [5.74, 6) is -0.0113. The monoisotopic (exact) mass is 552 g/mol. The van der Waals surface area contributed by atoms with Crippen LogP contribution in [0, 0.1) is 18.3 Å². The summed E-state index contributed by atoms with van der Waals surface area (Å²) in [6.07, 6.45) is 3.00. The standard InChI is InChI=1S/C31H22Cl2N4O2/c1-18-15-24(25(17-34)19-7-9-20(32)10-8-19)26(33)16-27(18)35-31(38)29-23-11-12-28-22(13-14-39-28)30(23)37(36-29)21-5-3-2-4-6-21/h2-10,13-16,25H,11-12H2,1H3,(H,35,38)/t25-/m0/s1. The van der Waals surface area contributed by atoms with E-state index in [9.17, 15) is 10.1 Å². The van der Waals surface area contributed by atoms with Gasteiger partial charge >= 0.3 is 0 Å². The summed E-state index contributed by atoms with van der Waals surface area (Å²) in [6, 6.07) is 24.6. The first-order chi connectivity index (χ1) is 18.9. The van der Waals surface area contributed by atoms with Gasteiger partial charge in [-0.25, -0.2) is 4.68 Å². The minimum Gasteiger partial charge on any atom is -0.469 e. The number of para-hydroxylation sites is 1. The second-order valence-electron chi connectivity index (χ2n) is 9.44. The molecule has 0 radical (unpaired) electrons. The van der Waals surface area contributed by atoms with Crippen molar-refractivity contribution in [1.29, 1.82) is 5.26 Å². The van der Waals surface area contributed by atoms with Crippen LogP contribution >= 0.6 is 23.2 Å². The van der Waals surface area contributed by atoms with Crippen LogP contribution in [0.4, 0.5) is 5.69 Å². The lowest BCUT2D eigenvalue weighted by Crippen LogP contribution is -2.16. The molecule has 6 rings (SSSR count). The maximum Gasteiger partial charge on any atom is 0.276 e. The number of hydrogen-bond acceptors (Lipinski definition) is 4. The number of halogens is 2. The normalized spacial score (nSPS) is 12.8. The molecule has 1 atom stereocenters. The summed E-state index contributed by atoms with van der Waals surface area (Å²) >= 11 is 12.7. The smallest absolute Gasteiger partial charge is 0.276 e. The van der Waals surface area contributed by atoms with E-state index in [2.05, 4.69) is 11.4 Å². The highest BCUT2D eigenvalue weighted by molar-refractivity contribution is 6.32. The minimum absolute atomic E-state index is 0.325. The summed E-state index contributed by atoms with van der Waals surface area (Å²) in [5.41, 5.74) is 6.69. The van der Waals surface area contributed by atoms with Crippen molar-refractivity contribution in [3.63, 3.8) is 0 Å². The van der Waals surface area contributed by atoms with Gasteiger partial charge in [0, 0.05) is 33.3 Å². The van der Waals surface area contributed by atoms with Crippen LogP contribution in [0.15, 0.2) is 83.5 Å². The van der Waals surface area contributed by atoms with Crippen molar-refractivity contribution in [3.8, 4) is 23.0 Å². The molecule has 2 heterocycles. The Bertz CT molecular complexity index is 1750. The third-order valence-corrected chi connectivity index (χ3v) is 7.62. The summed E-state index contributed by atoms with van der Waals surface area (Å²) in [5, 5.41) is 18.7. The molecule has 1 aliphatic carbocycles. The van der Waals surface area contributed by atoms with Crippen molar-refractivity contribution in [2.24, 2.45) is 0 Å². The van der Waals surface area contributed by atoms with Gasteiger partial charge in [0.05, 0.1) is 29.6 Å². The number of benzene rings is 3. The number of nitriles is 1. The van der Waals surface area contributed by atoms with E-state index in [-0.39, 0.29) is 5.91 Å². The zero-order valence-electron chi connectivity index (χ0n) is 20.9. The number of fused-ring (bicyclic) bond motifs is 3. The van der Waals surface area contributed by atoms with E-state index in [4.69, 9.17) is 32.7 Å². The molecule has 192 valence electrons. The molecule has 1 N–H and O–H groups in total. The molecule has 0 aliphatic heterocycles.